The number of hydrogen-bond acceptors (Lipinski definition) is 4. The number of methoxy groups -OCH3 is 1. The third-order valence-corrected chi connectivity index (χ3v) is 4.28. The Morgan fingerprint density at radius 3 is 2.48 bits per heavy atom. The van der Waals surface area contributed by atoms with Crippen molar-refractivity contribution in [2.45, 2.75) is 19.3 Å². The number of anilines is 2. The maximum Gasteiger partial charge on any atom is 0.262 e. The van der Waals surface area contributed by atoms with E-state index in [2.05, 4.69) is 22.3 Å². The smallest absolute Gasteiger partial charge is 0.262 e. The number of ether oxygens (including phenoxy) is 2. The van der Waals surface area contributed by atoms with Gasteiger partial charge in [0.15, 0.2) is 6.61 Å². The average Bonchev–Trinajstić information content (AvgIpc) is 2.68. The molecule has 0 spiro atoms. The summed E-state index contributed by atoms with van der Waals surface area (Å²) in [5, 5.41) is 2.86. The van der Waals surface area contributed by atoms with E-state index in [-0.39, 0.29) is 12.5 Å². The number of nitrogens with one attached hydrogen (secondary N) is 1. The van der Waals surface area contributed by atoms with Gasteiger partial charge in [0.1, 0.15) is 11.5 Å². The molecule has 132 valence electrons. The molecule has 0 radical (unpaired) electrons. The van der Waals surface area contributed by atoms with Gasteiger partial charge in [-0.3, -0.25) is 4.79 Å². The molecule has 0 aliphatic carbocycles. The van der Waals surface area contributed by atoms with Gasteiger partial charge in [0.25, 0.3) is 5.91 Å². The van der Waals surface area contributed by atoms with E-state index in [1.807, 2.05) is 24.3 Å². The third-order valence-electron chi connectivity index (χ3n) is 4.28. The highest BCUT2D eigenvalue weighted by atomic mass is 16.5. The van der Waals surface area contributed by atoms with E-state index < -0.39 is 0 Å². The zero-order valence-corrected chi connectivity index (χ0v) is 14.5. The summed E-state index contributed by atoms with van der Waals surface area (Å²) in [6.45, 7) is 2.18. The van der Waals surface area contributed by atoms with Gasteiger partial charge >= 0.3 is 0 Å². The van der Waals surface area contributed by atoms with Crippen LogP contribution in [0.25, 0.3) is 0 Å². The van der Waals surface area contributed by atoms with Crippen molar-refractivity contribution in [3.05, 3.63) is 48.5 Å². The molecule has 1 N–H and O–H groups in total. The molecule has 1 fully saturated rings. The molecule has 1 saturated heterocycles. The summed E-state index contributed by atoms with van der Waals surface area (Å²) in [5.41, 5.74) is 1.99. The second kappa shape index (κ2) is 8.42. The van der Waals surface area contributed by atoms with Crippen LogP contribution in [0.5, 0.6) is 11.5 Å². The van der Waals surface area contributed by atoms with E-state index in [9.17, 15) is 4.79 Å². The minimum atomic E-state index is -0.187. The SMILES string of the molecule is COc1cccc(OCC(=O)Nc2ccc(N3CCCCC3)cc2)c1. The largest absolute Gasteiger partial charge is 0.497 e. The highest BCUT2D eigenvalue weighted by Gasteiger charge is 2.11. The van der Waals surface area contributed by atoms with Gasteiger partial charge in [-0.1, -0.05) is 6.07 Å². The lowest BCUT2D eigenvalue weighted by molar-refractivity contribution is -0.118. The standard InChI is InChI=1S/C20H24N2O3/c1-24-18-6-5-7-19(14-18)25-15-20(23)21-16-8-10-17(11-9-16)22-12-3-2-4-13-22/h5-11,14H,2-4,12-13,15H2,1H3,(H,21,23). The number of carbonyl (C=O) groups is 1. The topological polar surface area (TPSA) is 50.8 Å². The number of piperidine rings is 1. The molecular formula is C20H24N2O3. The lowest BCUT2D eigenvalue weighted by Crippen LogP contribution is -2.29. The minimum Gasteiger partial charge on any atom is -0.497 e. The minimum absolute atomic E-state index is 0.0406. The van der Waals surface area contributed by atoms with Gasteiger partial charge in [-0.25, -0.2) is 0 Å². The van der Waals surface area contributed by atoms with Gasteiger partial charge < -0.3 is 19.7 Å². The van der Waals surface area contributed by atoms with Crippen LogP contribution >= 0.6 is 0 Å². The maximum atomic E-state index is 12.0. The number of hydrogen-bond donors (Lipinski definition) is 1. The Morgan fingerprint density at radius 1 is 1.04 bits per heavy atom. The van der Waals surface area contributed by atoms with Crippen LogP contribution in [0.3, 0.4) is 0 Å². The molecule has 1 heterocycles. The normalized spacial score (nSPS) is 14.0. The summed E-state index contributed by atoms with van der Waals surface area (Å²) in [6.07, 6.45) is 3.82. The predicted molar refractivity (Wildman–Crippen MR) is 99.6 cm³/mol. The second-order valence-corrected chi connectivity index (χ2v) is 6.11. The van der Waals surface area contributed by atoms with Crippen molar-refractivity contribution in [2.24, 2.45) is 0 Å². The second-order valence-electron chi connectivity index (χ2n) is 6.11. The van der Waals surface area contributed by atoms with E-state index in [1.54, 1.807) is 19.2 Å². The Labute approximate surface area is 148 Å². The van der Waals surface area contributed by atoms with Crippen LogP contribution in [0.15, 0.2) is 48.5 Å². The number of rotatable bonds is 6. The molecule has 1 aliphatic rings. The number of amides is 1. The van der Waals surface area contributed by atoms with Gasteiger partial charge in [-0.2, -0.15) is 0 Å². The van der Waals surface area contributed by atoms with Crippen LogP contribution in [0, 0.1) is 0 Å². The number of carbonyl (C=O) groups excluding carboxylic acids is 1. The van der Waals surface area contributed by atoms with Crippen LogP contribution < -0.4 is 19.7 Å². The Balaban J connectivity index is 1.50. The van der Waals surface area contributed by atoms with Crippen molar-refractivity contribution in [2.75, 3.05) is 37.0 Å². The van der Waals surface area contributed by atoms with E-state index >= 15 is 0 Å². The zero-order valence-electron chi connectivity index (χ0n) is 14.5. The highest BCUT2D eigenvalue weighted by Crippen LogP contribution is 2.22. The Morgan fingerprint density at radius 2 is 1.76 bits per heavy atom. The van der Waals surface area contributed by atoms with Crippen molar-refractivity contribution in [3.63, 3.8) is 0 Å². The molecule has 3 rings (SSSR count). The van der Waals surface area contributed by atoms with Crippen molar-refractivity contribution in [1.29, 1.82) is 0 Å². The Hall–Kier alpha value is -2.69. The molecule has 2 aromatic carbocycles. The molecule has 0 atom stereocenters. The van der Waals surface area contributed by atoms with Gasteiger partial charge in [0.05, 0.1) is 7.11 Å². The van der Waals surface area contributed by atoms with Gasteiger partial charge in [-0.05, 0) is 55.7 Å². The van der Waals surface area contributed by atoms with E-state index in [0.29, 0.717) is 11.5 Å². The summed E-state index contributed by atoms with van der Waals surface area (Å²) in [5.74, 6) is 1.12. The molecule has 0 aromatic heterocycles. The fourth-order valence-electron chi connectivity index (χ4n) is 2.94. The molecular weight excluding hydrogens is 316 g/mol. The molecule has 2 aromatic rings. The van der Waals surface area contributed by atoms with Crippen LogP contribution in [0.1, 0.15) is 19.3 Å². The van der Waals surface area contributed by atoms with Crippen molar-refractivity contribution in [3.8, 4) is 11.5 Å². The molecule has 5 nitrogen and oxygen atoms in total. The first kappa shape index (κ1) is 17.1. The van der Waals surface area contributed by atoms with Crippen LogP contribution in [-0.2, 0) is 4.79 Å². The highest BCUT2D eigenvalue weighted by molar-refractivity contribution is 5.92. The first-order chi connectivity index (χ1) is 12.2. The Kier molecular flexibility index (Phi) is 5.77. The first-order valence-electron chi connectivity index (χ1n) is 8.66. The number of benzene rings is 2. The van der Waals surface area contributed by atoms with Crippen LogP contribution in [0.2, 0.25) is 0 Å². The van der Waals surface area contributed by atoms with Gasteiger partial charge in [0, 0.05) is 30.5 Å². The van der Waals surface area contributed by atoms with E-state index in [0.717, 1.165) is 18.8 Å². The average molecular weight is 340 g/mol. The number of nitrogens with zero attached hydrogens (tertiary/aromatic N) is 1. The maximum absolute atomic E-state index is 12.0. The quantitative estimate of drug-likeness (QED) is 0.871. The fourth-order valence-corrected chi connectivity index (χ4v) is 2.94. The molecule has 5 heteroatoms. The lowest BCUT2D eigenvalue weighted by Gasteiger charge is -2.28. The van der Waals surface area contributed by atoms with Gasteiger partial charge in [0.2, 0.25) is 0 Å². The van der Waals surface area contributed by atoms with Crippen molar-refractivity contribution >= 4 is 17.3 Å². The predicted octanol–water partition coefficient (Wildman–Crippen LogP) is 3.70. The molecule has 0 saturated carbocycles. The summed E-state index contributed by atoms with van der Waals surface area (Å²) < 4.78 is 10.6. The molecule has 0 unspecified atom stereocenters. The summed E-state index contributed by atoms with van der Waals surface area (Å²) in [6, 6.07) is 15.2. The zero-order chi connectivity index (χ0) is 17.5. The molecule has 1 amide bonds. The first-order valence-corrected chi connectivity index (χ1v) is 8.66. The van der Waals surface area contributed by atoms with Crippen molar-refractivity contribution in [1.82, 2.24) is 0 Å². The third kappa shape index (κ3) is 4.89. The van der Waals surface area contributed by atoms with E-state index in [4.69, 9.17) is 9.47 Å². The van der Waals surface area contributed by atoms with Crippen molar-refractivity contribution < 1.29 is 14.3 Å². The molecule has 0 bridgehead atoms. The summed E-state index contributed by atoms with van der Waals surface area (Å²) in [7, 11) is 1.60. The van der Waals surface area contributed by atoms with Crippen LogP contribution in [-0.4, -0.2) is 32.7 Å². The molecule has 1 aliphatic heterocycles. The summed E-state index contributed by atoms with van der Waals surface area (Å²) in [4.78, 5) is 14.4. The monoisotopic (exact) mass is 340 g/mol. The molecule has 25 heavy (non-hydrogen) atoms. The Bertz CT molecular complexity index is 694. The van der Waals surface area contributed by atoms with Crippen LogP contribution in [0.4, 0.5) is 11.4 Å². The van der Waals surface area contributed by atoms with E-state index in [1.165, 1.54) is 24.9 Å². The van der Waals surface area contributed by atoms with Gasteiger partial charge in [-0.15, -0.1) is 0 Å². The lowest BCUT2D eigenvalue weighted by atomic mass is 10.1. The summed E-state index contributed by atoms with van der Waals surface area (Å²) >= 11 is 0. The fraction of sp³-hybridized carbons (Fsp3) is 0.350.